The predicted molar refractivity (Wildman–Crippen MR) is 77.1 cm³/mol. The summed E-state index contributed by atoms with van der Waals surface area (Å²) < 4.78 is 5.91. The smallest absolute Gasteiger partial charge is 0.148 e. The quantitative estimate of drug-likeness (QED) is 0.824. The molecule has 18 heavy (non-hydrogen) atoms. The molecule has 2 rings (SSSR count). The lowest BCUT2D eigenvalue weighted by Gasteiger charge is -2.01. The molecule has 0 fully saturated rings. The van der Waals surface area contributed by atoms with Crippen molar-refractivity contribution in [3.05, 3.63) is 33.8 Å². The van der Waals surface area contributed by atoms with E-state index in [9.17, 15) is 0 Å². The Labute approximate surface area is 119 Å². The first-order valence-corrected chi connectivity index (χ1v) is 6.61. The second-order valence-electron chi connectivity index (χ2n) is 3.71. The van der Waals surface area contributed by atoms with Crippen molar-refractivity contribution in [2.75, 3.05) is 25.6 Å². The lowest BCUT2D eigenvalue weighted by molar-refractivity contribution is 0.210. The summed E-state index contributed by atoms with van der Waals surface area (Å²) in [6, 6.07) is 7.67. The number of rotatable bonds is 5. The normalized spacial score (nSPS) is 10.6. The van der Waals surface area contributed by atoms with Gasteiger partial charge in [-0.1, -0.05) is 33.6 Å². The van der Waals surface area contributed by atoms with E-state index in [4.69, 9.17) is 16.3 Å². The molecule has 0 saturated carbocycles. The van der Waals surface area contributed by atoms with Gasteiger partial charge in [0.25, 0.3) is 0 Å². The van der Waals surface area contributed by atoms with Crippen LogP contribution in [-0.2, 0) is 4.74 Å². The second-order valence-corrected chi connectivity index (χ2v) is 5.03. The zero-order chi connectivity index (χ0) is 13.0. The Balaban J connectivity index is 2.13. The molecule has 96 valence electrons. The van der Waals surface area contributed by atoms with E-state index < -0.39 is 0 Å². The SMILES string of the molecule is COCCNc1cc(-c2ccc(Br)cc2Cl)[nH]n1. The molecule has 0 atom stereocenters. The standard InChI is InChI=1S/C12H13BrClN3O/c1-18-5-4-15-12-7-11(16-17-12)9-3-2-8(13)6-10(9)14/h2-3,6-7H,4-5H2,1H3,(H2,15,16,17). The summed E-state index contributed by atoms with van der Waals surface area (Å²) in [5.74, 6) is 0.779. The highest BCUT2D eigenvalue weighted by Crippen LogP contribution is 2.30. The maximum absolute atomic E-state index is 6.18. The Hall–Kier alpha value is -1.04. The molecule has 1 heterocycles. The van der Waals surface area contributed by atoms with Crippen molar-refractivity contribution in [1.82, 2.24) is 10.2 Å². The summed E-state index contributed by atoms with van der Waals surface area (Å²) in [4.78, 5) is 0. The van der Waals surface area contributed by atoms with Crippen LogP contribution in [0, 0.1) is 0 Å². The highest BCUT2D eigenvalue weighted by molar-refractivity contribution is 9.10. The molecule has 0 saturated heterocycles. The molecule has 0 aliphatic rings. The molecule has 4 nitrogen and oxygen atoms in total. The van der Waals surface area contributed by atoms with Gasteiger partial charge in [0, 0.05) is 29.8 Å². The van der Waals surface area contributed by atoms with Crippen LogP contribution in [0.2, 0.25) is 5.02 Å². The molecule has 1 aromatic heterocycles. The summed E-state index contributed by atoms with van der Waals surface area (Å²) in [6.45, 7) is 1.36. The molecule has 6 heteroatoms. The van der Waals surface area contributed by atoms with Gasteiger partial charge in [0.05, 0.1) is 17.3 Å². The molecule has 0 unspecified atom stereocenters. The number of hydrogen-bond donors (Lipinski definition) is 2. The van der Waals surface area contributed by atoms with Crippen LogP contribution < -0.4 is 5.32 Å². The molecule has 0 amide bonds. The average Bonchev–Trinajstić information content (AvgIpc) is 2.78. The summed E-state index contributed by atoms with van der Waals surface area (Å²) in [5.41, 5.74) is 1.81. The van der Waals surface area contributed by atoms with Gasteiger partial charge in [-0.25, -0.2) is 0 Å². The first-order valence-electron chi connectivity index (χ1n) is 5.44. The number of hydrogen-bond acceptors (Lipinski definition) is 3. The van der Waals surface area contributed by atoms with Crippen LogP contribution in [0.4, 0.5) is 5.82 Å². The highest BCUT2D eigenvalue weighted by atomic mass is 79.9. The van der Waals surface area contributed by atoms with E-state index in [2.05, 4.69) is 31.4 Å². The maximum atomic E-state index is 6.18. The van der Waals surface area contributed by atoms with Gasteiger partial charge in [-0.05, 0) is 12.1 Å². The van der Waals surface area contributed by atoms with Crippen LogP contribution in [0.25, 0.3) is 11.3 Å². The van der Waals surface area contributed by atoms with E-state index >= 15 is 0 Å². The molecule has 1 aromatic carbocycles. The molecule has 0 aliphatic heterocycles. The lowest BCUT2D eigenvalue weighted by Crippen LogP contribution is -2.07. The summed E-state index contributed by atoms with van der Waals surface area (Å²) >= 11 is 9.56. The topological polar surface area (TPSA) is 49.9 Å². The molecule has 0 spiro atoms. The van der Waals surface area contributed by atoms with Crippen molar-refractivity contribution in [3.8, 4) is 11.3 Å². The van der Waals surface area contributed by atoms with Crippen LogP contribution in [0.5, 0.6) is 0 Å². The minimum Gasteiger partial charge on any atom is -0.383 e. The van der Waals surface area contributed by atoms with Crippen LogP contribution >= 0.6 is 27.5 Å². The number of methoxy groups -OCH3 is 1. The lowest BCUT2D eigenvalue weighted by atomic mass is 10.1. The predicted octanol–water partition coefficient (Wildman–Crippen LogP) is 3.55. The fraction of sp³-hybridized carbons (Fsp3) is 0.250. The number of benzene rings is 1. The van der Waals surface area contributed by atoms with Crippen molar-refractivity contribution >= 4 is 33.3 Å². The van der Waals surface area contributed by atoms with E-state index in [1.165, 1.54) is 0 Å². The highest BCUT2D eigenvalue weighted by Gasteiger charge is 2.07. The Morgan fingerprint density at radius 3 is 3.00 bits per heavy atom. The van der Waals surface area contributed by atoms with E-state index in [1.807, 2.05) is 24.3 Å². The van der Waals surface area contributed by atoms with Crippen molar-refractivity contribution in [1.29, 1.82) is 0 Å². The van der Waals surface area contributed by atoms with Gasteiger partial charge in [-0.3, -0.25) is 5.10 Å². The van der Waals surface area contributed by atoms with Gasteiger partial charge in [0.15, 0.2) is 0 Å². The van der Waals surface area contributed by atoms with Crippen molar-refractivity contribution in [2.45, 2.75) is 0 Å². The summed E-state index contributed by atoms with van der Waals surface area (Å²) in [7, 11) is 1.67. The van der Waals surface area contributed by atoms with Gasteiger partial charge in [0.1, 0.15) is 5.82 Å². The number of aromatic amines is 1. The number of H-pyrrole nitrogens is 1. The second kappa shape index (κ2) is 6.22. The molecule has 2 aromatic rings. The number of nitrogens with zero attached hydrogens (tertiary/aromatic N) is 1. The largest absolute Gasteiger partial charge is 0.383 e. The number of halogens is 2. The van der Waals surface area contributed by atoms with Crippen LogP contribution in [0.15, 0.2) is 28.7 Å². The minimum absolute atomic E-state index is 0.640. The number of anilines is 1. The van der Waals surface area contributed by atoms with Crippen LogP contribution in [-0.4, -0.2) is 30.5 Å². The number of nitrogens with one attached hydrogen (secondary N) is 2. The summed E-state index contributed by atoms with van der Waals surface area (Å²) in [6.07, 6.45) is 0. The van der Waals surface area contributed by atoms with Gasteiger partial charge < -0.3 is 10.1 Å². The van der Waals surface area contributed by atoms with E-state index in [1.54, 1.807) is 7.11 Å². The van der Waals surface area contributed by atoms with E-state index in [0.29, 0.717) is 11.6 Å². The third-order valence-corrected chi connectivity index (χ3v) is 3.22. The van der Waals surface area contributed by atoms with Gasteiger partial charge in [-0.15, -0.1) is 0 Å². The van der Waals surface area contributed by atoms with Crippen LogP contribution in [0.3, 0.4) is 0 Å². The van der Waals surface area contributed by atoms with Crippen molar-refractivity contribution in [3.63, 3.8) is 0 Å². The first kappa shape index (κ1) is 13.4. The van der Waals surface area contributed by atoms with Crippen molar-refractivity contribution in [2.24, 2.45) is 0 Å². The number of aromatic nitrogens is 2. The number of ether oxygens (including phenoxy) is 1. The monoisotopic (exact) mass is 329 g/mol. The molecule has 0 aliphatic carbocycles. The average molecular weight is 331 g/mol. The maximum Gasteiger partial charge on any atom is 0.148 e. The van der Waals surface area contributed by atoms with Gasteiger partial charge in [0.2, 0.25) is 0 Å². The molecule has 0 bridgehead atoms. The zero-order valence-electron chi connectivity index (χ0n) is 9.84. The van der Waals surface area contributed by atoms with Crippen LogP contribution in [0.1, 0.15) is 0 Å². The zero-order valence-corrected chi connectivity index (χ0v) is 12.2. The fourth-order valence-corrected chi connectivity index (χ4v) is 2.31. The van der Waals surface area contributed by atoms with Crippen molar-refractivity contribution < 1.29 is 4.74 Å². The first-order chi connectivity index (χ1) is 8.70. The molecule has 0 radical (unpaired) electrons. The van der Waals surface area contributed by atoms with Gasteiger partial charge >= 0.3 is 0 Å². The van der Waals surface area contributed by atoms with Gasteiger partial charge in [-0.2, -0.15) is 5.10 Å². The third-order valence-electron chi connectivity index (χ3n) is 2.41. The third kappa shape index (κ3) is 3.25. The van der Waals surface area contributed by atoms with E-state index in [0.717, 1.165) is 28.1 Å². The Morgan fingerprint density at radius 2 is 2.28 bits per heavy atom. The summed E-state index contributed by atoms with van der Waals surface area (Å²) in [5, 5.41) is 10.9. The van der Waals surface area contributed by atoms with E-state index in [-0.39, 0.29) is 0 Å². The molecular weight excluding hydrogens is 318 g/mol. The molecule has 2 N–H and O–H groups in total. The Morgan fingerprint density at radius 1 is 1.44 bits per heavy atom. The Bertz CT molecular complexity index is 530. The molecular formula is C12H13BrClN3O. The Kier molecular flexibility index (Phi) is 4.63. The fourth-order valence-electron chi connectivity index (χ4n) is 1.54. The minimum atomic E-state index is 0.640.